The van der Waals surface area contributed by atoms with Gasteiger partial charge in [-0.1, -0.05) is 12.8 Å². The fraction of sp³-hybridized carbons (Fsp3) is 0.875. The molecule has 0 aromatic rings. The van der Waals surface area contributed by atoms with Crippen LogP contribution in [0.4, 0.5) is 4.39 Å². The van der Waals surface area contributed by atoms with Crippen LogP contribution in [0, 0.1) is 17.8 Å². The molecule has 300 valence electrons. The molecule has 14 heteroatoms. The van der Waals surface area contributed by atoms with E-state index in [-0.39, 0.29) is 59.9 Å². The Morgan fingerprint density at radius 3 is 2.52 bits per heavy atom. The Hall–Kier alpha value is -2.20. The van der Waals surface area contributed by atoms with Crippen LogP contribution < -0.4 is 10.6 Å². The van der Waals surface area contributed by atoms with Crippen LogP contribution in [-0.2, 0) is 28.6 Å². The normalized spacial score (nSPS) is 41.7. The van der Waals surface area contributed by atoms with E-state index in [0.29, 0.717) is 57.3 Å². The average Bonchev–Trinajstić information content (AvgIpc) is 3.78. The number of ether oxygens (including phenoxy) is 3. The Bertz CT molecular complexity index is 1420. The Labute approximate surface area is 319 Å². The zero-order valence-corrected chi connectivity index (χ0v) is 32.1. The molecule has 6 aliphatic heterocycles. The van der Waals surface area contributed by atoms with E-state index in [9.17, 15) is 14.4 Å². The number of ketones is 1. The Balaban J connectivity index is 0.922. The Morgan fingerprint density at radius 2 is 1.69 bits per heavy atom. The SMILES string of the molecule is CN1CCN(CCCNC(=O)C2=CN3C4CC5OC6CCCCC6C5CC4OC4C(N5CC[C@@H](NC(=O)CN6CCOCC6)C5)C(F)CC(C2=O)C43)CC1. The number of rotatable bonds is 9. The van der Waals surface area contributed by atoms with E-state index in [4.69, 9.17) is 14.2 Å². The van der Waals surface area contributed by atoms with Gasteiger partial charge in [-0.3, -0.25) is 24.2 Å². The number of halogens is 1. The molecule has 3 aliphatic carbocycles. The summed E-state index contributed by atoms with van der Waals surface area (Å²) in [5.41, 5.74) is 0.160. The second kappa shape index (κ2) is 16.0. The van der Waals surface area contributed by atoms with Crippen molar-refractivity contribution >= 4 is 17.6 Å². The quantitative estimate of drug-likeness (QED) is 0.255. The summed E-state index contributed by atoms with van der Waals surface area (Å²) in [6, 6.07) is -0.975. The van der Waals surface area contributed by atoms with Crippen molar-refractivity contribution in [2.45, 2.75) is 113 Å². The highest BCUT2D eigenvalue weighted by Gasteiger charge is 2.62. The highest BCUT2D eigenvalue weighted by molar-refractivity contribution is 6.20. The van der Waals surface area contributed by atoms with Gasteiger partial charge in [0.2, 0.25) is 5.91 Å². The predicted molar refractivity (Wildman–Crippen MR) is 198 cm³/mol. The van der Waals surface area contributed by atoms with E-state index in [1.54, 1.807) is 0 Å². The summed E-state index contributed by atoms with van der Waals surface area (Å²) in [5.74, 6) is -0.301. The number of morpholine rings is 2. The number of alkyl halides is 1. The van der Waals surface area contributed by atoms with Gasteiger partial charge >= 0.3 is 0 Å². The lowest BCUT2D eigenvalue weighted by molar-refractivity contribution is -0.220. The maximum absolute atomic E-state index is 16.8. The molecule has 54 heavy (non-hydrogen) atoms. The van der Waals surface area contributed by atoms with E-state index < -0.39 is 24.2 Å². The highest BCUT2D eigenvalue weighted by atomic mass is 19.1. The van der Waals surface area contributed by atoms with Gasteiger partial charge < -0.3 is 39.5 Å². The van der Waals surface area contributed by atoms with Gasteiger partial charge in [-0.15, -0.1) is 0 Å². The first-order valence-electron chi connectivity index (χ1n) is 21.3. The standard InChI is InChI=1S/C40H62FN7O6/c1-44-11-13-45(14-12-44)9-4-8-42-40(51)29-23-48-31-21-33-27(26-5-2-3-6-32(26)53-33)20-34(31)54-39-36(48)28(38(29)50)19-30(41)37(39)47-10-7-25(22-47)43-35(49)24-46-15-17-52-18-16-46/h23,25-28,30-34,36-37,39H,2-22,24H2,1H3,(H,42,51)(H,43,49)/t25-,26?,27?,28?,30?,31?,32?,33?,34?,36?,37?,39?/m1/s1. The van der Waals surface area contributed by atoms with Crippen LogP contribution in [-0.4, -0.2) is 189 Å². The molecule has 2 amide bonds. The zero-order chi connectivity index (χ0) is 36.9. The van der Waals surface area contributed by atoms with Crippen LogP contribution in [0.25, 0.3) is 0 Å². The monoisotopic (exact) mass is 755 g/mol. The van der Waals surface area contributed by atoms with Crippen LogP contribution in [0.5, 0.6) is 0 Å². The molecule has 13 nitrogen and oxygen atoms in total. The molecular formula is C40H62FN7O6. The van der Waals surface area contributed by atoms with Crippen molar-refractivity contribution in [3.8, 4) is 0 Å². The number of likely N-dealkylation sites (tertiary alicyclic amines) is 1. The molecular weight excluding hydrogens is 693 g/mol. The third-order valence-corrected chi connectivity index (χ3v) is 14.7. The number of carbonyl (C=O) groups is 3. The first-order valence-corrected chi connectivity index (χ1v) is 21.3. The first-order chi connectivity index (χ1) is 26.3. The smallest absolute Gasteiger partial charge is 0.256 e. The van der Waals surface area contributed by atoms with Gasteiger partial charge in [0, 0.05) is 77.1 Å². The van der Waals surface area contributed by atoms with Gasteiger partial charge in [-0.25, -0.2) is 4.39 Å². The number of carbonyl (C=O) groups excluding carboxylic acids is 3. The van der Waals surface area contributed by atoms with Crippen molar-refractivity contribution < 1.29 is 33.0 Å². The minimum absolute atomic E-state index is 0.00287. The van der Waals surface area contributed by atoms with Gasteiger partial charge in [-0.2, -0.15) is 0 Å². The van der Waals surface area contributed by atoms with Crippen molar-refractivity contribution in [3.63, 3.8) is 0 Å². The van der Waals surface area contributed by atoms with Gasteiger partial charge in [0.05, 0.1) is 67.9 Å². The number of nitrogens with zero attached hydrogens (tertiary/aromatic N) is 5. The average molecular weight is 756 g/mol. The van der Waals surface area contributed by atoms with Crippen LogP contribution in [0.2, 0.25) is 0 Å². The van der Waals surface area contributed by atoms with Gasteiger partial charge in [-0.05, 0) is 70.4 Å². The Kier molecular flexibility index (Phi) is 11.1. The summed E-state index contributed by atoms with van der Waals surface area (Å²) >= 11 is 0. The molecule has 8 fully saturated rings. The first kappa shape index (κ1) is 37.4. The van der Waals surface area contributed by atoms with E-state index in [1.165, 1.54) is 19.3 Å². The molecule has 0 radical (unpaired) electrons. The van der Waals surface area contributed by atoms with Crippen LogP contribution >= 0.6 is 0 Å². The van der Waals surface area contributed by atoms with Gasteiger partial charge in [0.1, 0.15) is 6.17 Å². The molecule has 9 aliphatic rings. The van der Waals surface area contributed by atoms with Gasteiger partial charge in [0.15, 0.2) is 5.78 Å². The maximum atomic E-state index is 16.8. The van der Waals surface area contributed by atoms with E-state index in [1.807, 2.05) is 6.20 Å². The minimum Gasteiger partial charge on any atom is -0.379 e. The summed E-state index contributed by atoms with van der Waals surface area (Å²) in [6.07, 6.45) is 8.39. The number of hydrogen-bond donors (Lipinski definition) is 2. The molecule has 9 rings (SSSR count). The second-order valence-electron chi connectivity index (χ2n) is 17.9. The molecule has 5 saturated heterocycles. The largest absolute Gasteiger partial charge is 0.379 e. The number of nitrogens with one attached hydrogen (secondary N) is 2. The fourth-order valence-electron chi connectivity index (χ4n) is 11.9. The minimum atomic E-state index is -1.29. The summed E-state index contributed by atoms with van der Waals surface area (Å²) in [5, 5.41) is 6.28. The summed E-state index contributed by atoms with van der Waals surface area (Å²) in [6.45, 7) is 9.89. The van der Waals surface area contributed by atoms with Crippen LogP contribution in [0.1, 0.15) is 57.8 Å². The third kappa shape index (κ3) is 7.38. The lowest BCUT2D eigenvalue weighted by Crippen LogP contribution is -2.73. The molecule has 12 atom stereocenters. The number of piperazine rings is 1. The summed E-state index contributed by atoms with van der Waals surface area (Å²) < 4.78 is 36.2. The lowest BCUT2D eigenvalue weighted by atomic mass is 9.67. The summed E-state index contributed by atoms with van der Waals surface area (Å²) in [7, 11) is 2.14. The molecule has 2 N–H and O–H groups in total. The second-order valence-corrected chi connectivity index (χ2v) is 17.9. The number of hydrogen-bond acceptors (Lipinski definition) is 11. The molecule has 0 spiro atoms. The van der Waals surface area contributed by atoms with Crippen molar-refractivity contribution in [3.05, 3.63) is 11.8 Å². The van der Waals surface area contributed by atoms with Crippen molar-refractivity contribution in [1.82, 2.24) is 35.1 Å². The third-order valence-electron chi connectivity index (χ3n) is 14.7. The van der Waals surface area contributed by atoms with Crippen LogP contribution in [0.15, 0.2) is 11.8 Å². The maximum Gasteiger partial charge on any atom is 0.256 e. The molecule has 3 saturated carbocycles. The number of Topliss-reactive ketones (excluding diaryl/α,β-unsaturated/α-hetero) is 1. The highest BCUT2D eigenvalue weighted by Crippen LogP contribution is 2.53. The number of likely N-dealkylation sites (N-methyl/N-ethyl adjacent to an activating group) is 1. The topological polar surface area (TPSA) is 119 Å². The van der Waals surface area contributed by atoms with E-state index >= 15 is 4.39 Å². The van der Waals surface area contributed by atoms with Crippen molar-refractivity contribution in [2.24, 2.45) is 17.8 Å². The molecule has 11 unspecified atom stereocenters. The van der Waals surface area contributed by atoms with Crippen LogP contribution in [0.3, 0.4) is 0 Å². The number of amides is 2. The molecule has 6 heterocycles. The molecule has 0 aromatic heterocycles. The molecule has 0 bridgehead atoms. The fourth-order valence-corrected chi connectivity index (χ4v) is 11.9. The zero-order valence-electron chi connectivity index (χ0n) is 32.1. The lowest BCUT2D eigenvalue weighted by Gasteiger charge is -2.61. The van der Waals surface area contributed by atoms with Gasteiger partial charge in [0.25, 0.3) is 5.91 Å². The van der Waals surface area contributed by atoms with Crippen molar-refractivity contribution in [1.29, 1.82) is 0 Å². The van der Waals surface area contributed by atoms with E-state index in [2.05, 4.69) is 42.2 Å². The predicted octanol–water partition coefficient (Wildman–Crippen LogP) is 0.630. The summed E-state index contributed by atoms with van der Waals surface area (Å²) in [4.78, 5) is 52.4. The van der Waals surface area contributed by atoms with Crippen molar-refractivity contribution in [2.75, 3.05) is 92.3 Å². The molecule has 0 aromatic carbocycles. The van der Waals surface area contributed by atoms with E-state index in [0.717, 1.165) is 77.9 Å². The Morgan fingerprint density at radius 1 is 0.870 bits per heavy atom. The number of fused-ring (bicyclic) bond motifs is 5.